The van der Waals surface area contributed by atoms with Gasteiger partial charge in [-0.25, -0.2) is 19.6 Å². The highest BCUT2D eigenvalue weighted by molar-refractivity contribution is 7.14. The number of likely N-dealkylation sites (tertiary alicyclic amines) is 1. The van der Waals surface area contributed by atoms with Crippen LogP contribution in [0.4, 0.5) is 9.93 Å². The van der Waals surface area contributed by atoms with Crippen molar-refractivity contribution in [1.82, 2.24) is 20.2 Å². The number of nitrogens with one attached hydrogen (secondary N) is 2. The number of fused-ring (bicyclic) bond motifs is 1. The molecular weight excluding hydrogens is 622 g/mol. The first-order valence-corrected chi connectivity index (χ1v) is 16.6. The second-order valence-corrected chi connectivity index (χ2v) is 13.9. The van der Waals surface area contributed by atoms with Gasteiger partial charge >= 0.3 is 12.1 Å². The molecule has 2 N–H and O–H groups in total. The molecule has 3 heterocycles. The molecule has 0 radical (unpaired) electrons. The van der Waals surface area contributed by atoms with Gasteiger partial charge in [-0.1, -0.05) is 6.08 Å². The standard InChI is InChI=1S/C34H43N5O7S/c1-9-20-16-34(20,30(41)44-10-2)38-29(40)27-14-22(17-39(27)32(42)46-33(5,6)7)45-28-15-25(26-18-47-31(37-26)35-19(3)4)36-24-13-21(43-8)11-12-23(24)28/h9,11-13,15,18-20,22,27H,1,10,14,16-17H2,2-8H3,(H,35,37)(H,38,40)/t20?,22?,27-,34+/m0/s1. The average molecular weight is 666 g/mol. The first kappa shape index (κ1) is 34.0. The number of nitrogens with zero attached hydrogens (tertiary/aromatic N) is 3. The van der Waals surface area contributed by atoms with E-state index in [1.54, 1.807) is 40.9 Å². The zero-order valence-corrected chi connectivity index (χ0v) is 28.7. The highest BCUT2D eigenvalue weighted by atomic mass is 32.1. The molecule has 1 saturated carbocycles. The van der Waals surface area contributed by atoms with Crippen LogP contribution < -0.4 is 20.1 Å². The first-order chi connectivity index (χ1) is 22.3. The minimum Gasteiger partial charge on any atom is -0.497 e. The van der Waals surface area contributed by atoms with Crippen molar-refractivity contribution < 1.29 is 33.3 Å². The van der Waals surface area contributed by atoms with Gasteiger partial charge in [0.2, 0.25) is 5.91 Å². The molecule has 0 spiro atoms. The van der Waals surface area contributed by atoms with Gasteiger partial charge in [0.25, 0.3) is 0 Å². The maximum Gasteiger partial charge on any atom is 0.411 e. The smallest absolute Gasteiger partial charge is 0.411 e. The van der Waals surface area contributed by atoms with Crippen LogP contribution in [0.2, 0.25) is 0 Å². The number of methoxy groups -OCH3 is 1. The lowest BCUT2D eigenvalue weighted by Gasteiger charge is -2.28. The van der Waals surface area contributed by atoms with Crippen LogP contribution in [0.5, 0.6) is 11.5 Å². The number of anilines is 1. The van der Waals surface area contributed by atoms with E-state index in [1.165, 1.54) is 16.2 Å². The molecule has 1 aliphatic heterocycles. The van der Waals surface area contributed by atoms with Crippen LogP contribution in [0.3, 0.4) is 0 Å². The quantitative estimate of drug-likeness (QED) is 0.197. The number of rotatable bonds is 11. The van der Waals surface area contributed by atoms with Crippen LogP contribution in [-0.4, -0.2) is 82.4 Å². The molecular formula is C34H43N5O7S. The van der Waals surface area contributed by atoms with Gasteiger partial charge in [0.05, 0.1) is 31.5 Å². The molecule has 2 aliphatic rings. The van der Waals surface area contributed by atoms with Crippen molar-refractivity contribution in [2.45, 2.75) is 83.7 Å². The summed E-state index contributed by atoms with van der Waals surface area (Å²) >= 11 is 1.48. The zero-order chi connectivity index (χ0) is 34.1. The van der Waals surface area contributed by atoms with Crippen LogP contribution in [0, 0.1) is 5.92 Å². The molecule has 47 heavy (non-hydrogen) atoms. The van der Waals surface area contributed by atoms with Gasteiger partial charge in [-0.3, -0.25) is 9.69 Å². The van der Waals surface area contributed by atoms with Crippen molar-refractivity contribution in [3.8, 4) is 22.9 Å². The summed E-state index contributed by atoms with van der Waals surface area (Å²) in [5.41, 5.74) is -0.0814. The lowest BCUT2D eigenvalue weighted by Crippen LogP contribution is -2.53. The summed E-state index contributed by atoms with van der Waals surface area (Å²) in [5.74, 6) is -0.124. The van der Waals surface area contributed by atoms with E-state index in [2.05, 4.69) is 17.2 Å². The van der Waals surface area contributed by atoms with E-state index < -0.39 is 41.3 Å². The number of benzene rings is 1. The molecule has 13 heteroatoms. The Bertz CT molecular complexity index is 1670. The van der Waals surface area contributed by atoms with Crippen molar-refractivity contribution >= 4 is 45.3 Å². The van der Waals surface area contributed by atoms with Gasteiger partial charge in [-0.15, -0.1) is 17.9 Å². The molecule has 2 aromatic heterocycles. The fraction of sp³-hybridized carbons (Fsp3) is 0.500. The monoisotopic (exact) mass is 665 g/mol. The fourth-order valence-corrected chi connectivity index (χ4v) is 6.49. The van der Waals surface area contributed by atoms with Gasteiger partial charge in [-0.05, 0) is 60.1 Å². The Kier molecular flexibility index (Phi) is 9.67. The Balaban J connectivity index is 1.46. The molecule has 4 atom stereocenters. The van der Waals surface area contributed by atoms with Crippen molar-refractivity contribution in [1.29, 1.82) is 0 Å². The summed E-state index contributed by atoms with van der Waals surface area (Å²) in [6.07, 6.45) is 0.940. The maximum absolute atomic E-state index is 13.9. The van der Waals surface area contributed by atoms with Crippen LogP contribution in [0.15, 0.2) is 42.3 Å². The van der Waals surface area contributed by atoms with E-state index in [0.29, 0.717) is 34.8 Å². The van der Waals surface area contributed by atoms with Gasteiger partial charge in [-0.2, -0.15) is 0 Å². The number of carbonyl (C=O) groups is 3. The van der Waals surface area contributed by atoms with E-state index in [4.69, 9.17) is 28.9 Å². The van der Waals surface area contributed by atoms with Crippen LogP contribution >= 0.6 is 11.3 Å². The normalized spacial score (nSPS) is 22.1. The van der Waals surface area contributed by atoms with Crippen LogP contribution in [0.25, 0.3) is 22.3 Å². The molecule has 5 rings (SSSR count). The minimum atomic E-state index is -1.21. The van der Waals surface area contributed by atoms with Crippen LogP contribution in [0.1, 0.15) is 54.4 Å². The predicted molar refractivity (Wildman–Crippen MR) is 180 cm³/mol. The third-order valence-electron chi connectivity index (χ3n) is 7.93. The molecule has 1 aliphatic carbocycles. The predicted octanol–water partition coefficient (Wildman–Crippen LogP) is 5.57. The number of amides is 2. The van der Waals surface area contributed by atoms with Crippen molar-refractivity contribution in [3.63, 3.8) is 0 Å². The van der Waals surface area contributed by atoms with Gasteiger partial charge in [0.15, 0.2) is 5.13 Å². The van der Waals surface area contributed by atoms with E-state index in [1.807, 2.05) is 43.5 Å². The summed E-state index contributed by atoms with van der Waals surface area (Å²) in [4.78, 5) is 51.1. The molecule has 2 fully saturated rings. The second kappa shape index (κ2) is 13.4. The van der Waals surface area contributed by atoms with Crippen molar-refractivity contribution in [3.05, 3.63) is 42.3 Å². The Morgan fingerprint density at radius 3 is 2.60 bits per heavy atom. The first-order valence-electron chi connectivity index (χ1n) is 15.8. The number of hydrogen-bond donors (Lipinski definition) is 2. The molecule has 0 bridgehead atoms. The van der Waals surface area contributed by atoms with Gasteiger partial charge < -0.3 is 29.6 Å². The van der Waals surface area contributed by atoms with E-state index in [9.17, 15) is 14.4 Å². The third kappa shape index (κ3) is 7.45. The number of ether oxygens (including phenoxy) is 4. The Hall–Kier alpha value is -4.39. The largest absolute Gasteiger partial charge is 0.497 e. The fourth-order valence-electron chi connectivity index (χ4n) is 5.63. The van der Waals surface area contributed by atoms with Crippen molar-refractivity contribution in [2.24, 2.45) is 5.92 Å². The third-order valence-corrected chi connectivity index (χ3v) is 8.70. The number of esters is 1. The molecule has 12 nitrogen and oxygen atoms in total. The SMILES string of the molecule is C=CC1C[C@]1(NC(=O)[C@@H]1CC(Oc2cc(-c3csc(NC(C)C)n3)nc3cc(OC)ccc23)CN1C(=O)OC(C)(C)C)C(=O)OCC. The molecule has 3 aromatic rings. The minimum absolute atomic E-state index is 0.0821. The maximum atomic E-state index is 13.9. The summed E-state index contributed by atoms with van der Waals surface area (Å²) in [6.45, 7) is 15.1. The highest BCUT2D eigenvalue weighted by Gasteiger charge is 2.62. The Labute approximate surface area is 278 Å². The average Bonchev–Trinajstić information content (AvgIpc) is 3.29. The van der Waals surface area contributed by atoms with Gasteiger partial charge in [0, 0.05) is 41.3 Å². The molecule has 1 saturated heterocycles. The summed E-state index contributed by atoms with van der Waals surface area (Å²) < 4.78 is 23.0. The number of hydrogen-bond acceptors (Lipinski definition) is 11. The second-order valence-electron chi connectivity index (χ2n) is 13.1. The Morgan fingerprint density at radius 2 is 1.96 bits per heavy atom. The van der Waals surface area contributed by atoms with E-state index in [0.717, 1.165) is 10.5 Å². The van der Waals surface area contributed by atoms with E-state index in [-0.39, 0.29) is 31.5 Å². The zero-order valence-electron chi connectivity index (χ0n) is 27.9. The summed E-state index contributed by atoms with van der Waals surface area (Å²) in [6, 6.07) is 6.60. The van der Waals surface area contributed by atoms with E-state index >= 15 is 0 Å². The number of aromatic nitrogens is 2. The lowest BCUT2D eigenvalue weighted by atomic mass is 10.1. The number of carbonyl (C=O) groups excluding carboxylic acids is 3. The van der Waals surface area contributed by atoms with Crippen LogP contribution in [-0.2, 0) is 19.1 Å². The topological polar surface area (TPSA) is 141 Å². The molecule has 252 valence electrons. The van der Waals surface area contributed by atoms with Crippen molar-refractivity contribution in [2.75, 3.05) is 25.6 Å². The lowest BCUT2D eigenvalue weighted by molar-refractivity contribution is -0.149. The summed E-state index contributed by atoms with van der Waals surface area (Å²) in [5, 5.41) is 9.64. The highest BCUT2D eigenvalue weighted by Crippen LogP contribution is 2.46. The molecule has 2 amide bonds. The molecule has 2 unspecified atom stereocenters. The summed E-state index contributed by atoms with van der Waals surface area (Å²) in [7, 11) is 1.59. The number of thiazole rings is 1. The Morgan fingerprint density at radius 1 is 1.19 bits per heavy atom. The van der Waals surface area contributed by atoms with Gasteiger partial charge in [0.1, 0.15) is 40.5 Å². The number of pyridine rings is 1. The molecule has 1 aromatic carbocycles.